The number of allylic oxidation sites excluding steroid dienone is 1. The van der Waals surface area contributed by atoms with Crippen molar-refractivity contribution in [2.75, 3.05) is 33.2 Å². The molecule has 1 saturated carbocycles. The fraction of sp³-hybridized carbons (Fsp3) is 0.632. The topological polar surface area (TPSA) is 222 Å². The Labute approximate surface area is 331 Å². The first kappa shape index (κ1) is 47.0. The summed E-state index contributed by atoms with van der Waals surface area (Å²) in [6.45, 7) is 10.9. The second kappa shape index (κ2) is 19.4. The van der Waals surface area contributed by atoms with Crippen molar-refractivity contribution in [1.82, 2.24) is 20.9 Å². The van der Waals surface area contributed by atoms with Crippen molar-refractivity contribution < 1.29 is 60.6 Å². The lowest BCUT2D eigenvalue weighted by Gasteiger charge is -2.30. The molecule has 4 atom stereocenters. The third-order valence-electron chi connectivity index (χ3n) is 9.32. The average molecular weight is 828 g/mol. The van der Waals surface area contributed by atoms with Gasteiger partial charge in [-0.15, -0.1) is 0 Å². The minimum absolute atomic E-state index is 0.00195. The van der Waals surface area contributed by atoms with Gasteiger partial charge in [0.05, 0.1) is 10.8 Å². The molecule has 3 rings (SSSR count). The van der Waals surface area contributed by atoms with Crippen molar-refractivity contribution in [3.8, 4) is 0 Å². The second-order valence-electron chi connectivity index (χ2n) is 16.2. The predicted molar refractivity (Wildman–Crippen MR) is 204 cm³/mol. The Morgan fingerprint density at radius 2 is 1.47 bits per heavy atom. The zero-order valence-corrected chi connectivity index (χ0v) is 34.7. The van der Waals surface area contributed by atoms with Crippen LogP contribution < -0.4 is 21.7 Å². The van der Waals surface area contributed by atoms with E-state index in [9.17, 15) is 33.3 Å². The van der Waals surface area contributed by atoms with Gasteiger partial charge in [0.15, 0.2) is 0 Å². The standard InChI is InChI=1S/C38H56F2N5O11P/c1-9-10-11-28(32(48)45-20-25-19-27(25)30(45)31(47)42-16-17-43-35(41)51)44-29(46)18-23(2)24-12-14-26(15-13-24)38(39,40)57(52,55-21-53-33(49)36(3,4)5)56-22-54-34(50)37(6,7)8/h12-15,18,25,27-28,30H,9-11,16-17,19-22H2,1-8H3,(H,42,47)(H,44,46)(H3,41,43,51)/b23-18+/t25?,27-,28+,30+/m1/s1. The van der Waals surface area contributed by atoms with E-state index in [1.807, 2.05) is 6.92 Å². The van der Waals surface area contributed by atoms with E-state index in [1.165, 1.54) is 64.7 Å². The summed E-state index contributed by atoms with van der Waals surface area (Å²) in [5.41, 5.74) is -1.45. The van der Waals surface area contributed by atoms with Crippen LogP contribution in [-0.2, 0) is 52.7 Å². The number of esters is 2. The van der Waals surface area contributed by atoms with Crippen LogP contribution in [0, 0.1) is 22.7 Å². The number of primary amides is 1. The van der Waals surface area contributed by atoms with E-state index in [4.69, 9.17) is 24.3 Å². The summed E-state index contributed by atoms with van der Waals surface area (Å²) in [4.78, 5) is 77.0. The summed E-state index contributed by atoms with van der Waals surface area (Å²) in [7, 11) is -5.54. The number of nitrogens with two attached hydrogens (primary N) is 1. The first-order valence-corrected chi connectivity index (χ1v) is 20.3. The van der Waals surface area contributed by atoms with Crippen molar-refractivity contribution >= 4 is 48.9 Å². The van der Waals surface area contributed by atoms with E-state index >= 15 is 8.78 Å². The predicted octanol–water partition coefficient (Wildman–Crippen LogP) is 4.77. The van der Waals surface area contributed by atoms with E-state index in [0.717, 1.165) is 25.0 Å². The number of likely N-dealkylation sites (tertiary alicyclic amines) is 1. The summed E-state index contributed by atoms with van der Waals surface area (Å²) >= 11 is 0. The van der Waals surface area contributed by atoms with Gasteiger partial charge in [0.2, 0.25) is 31.3 Å². The number of ether oxygens (including phenoxy) is 2. The Balaban J connectivity index is 1.75. The number of hydrogen-bond acceptors (Lipinski definition) is 11. The molecule has 1 aliphatic carbocycles. The van der Waals surface area contributed by atoms with Crippen LogP contribution in [0.2, 0.25) is 0 Å². The van der Waals surface area contributed by atoms with E-state index in [1.54, 1.807) is 6.92 Å². The summed E-state index contributed by atoms with van der Waals surface area (Å²) in [5.74, 6) is -2.83. The van der Waals surface area contributed by atoms with Gasteiger partial charge < -0.3 is 36.1 Å². The van der Waals surface area contributed by atoms with Crippen LogP contribution >= 0.6 is 7.60 Å². The second-order valence-corrected chi connectivity index (χ2v) is 18.3. The molecule has 5 N–H and O–H groups in total. The lowest BCUT2D eigenvalue weighted by molar-refractivity contribution is -0.163. The zero-order chi connectivity index (χ0) is 42.9. The third-order valence-corrected chi connectivity index (χ3v) is 11.2. The number of carbonyl (C=O) groups excluding carboxylic acids is 6. The highest BCUT2D eigenvalue weighted by Crippen LogP contribution is 2.67. The number of alkyl halides is 2. The minimum atomic E-state index is -5.54. The van der Waals surface area contributed by atoms with Gasteiger partial charge in [-0.3, -0.25) is 37.6 Å². The molecular weight excluding hydrogens is 771 g/mol. The fourth-order valence-electron chi connectivity index (χ4n) is 5.89. The van der Waals surface area contributed by atoms with Crippen molar-refractivity contribution in [3.05, 3.63) is 41.5 Å². The first-order chi connectivity index (χ1) is 26.4. The van der Waals surface area contributed by atoms with Gasteiger partial charge in [0.25, 0.3) is 0 Å². The maximum absolute atomic E-state index is 16.0. The Bertz CT molecular complexity index is 1690. The lowest BCUT2D eigenvalue weighted by Crippen LogP contribution is -2.55. The summed E-state index contributed by atoms with van der Waals surface area (Å²) in [6, 6.07) is 2.04. The number of amides is 5. The molecule has 318 valence electrons. The molecule has 1 aromatic rings. The number of nitrogens with zero attached hydrogens (tertiary/aromatic N) is 1. The summed E-state index contributed by atoms with van der Waals surface area (Å²) in [6.07, 6.45) is 3.68. The van der Waals surface area contributed by atoms with Gasteiger partial charge >= 0.3 is 31.2 Å². The van der Waals surface area contributed by atoms with Crippen molar-refractivity contribution in [2.45, 2.75) is 98.8 Å². The monoisotopic (exact) mass is 827 g/mol. The molecule has 1 aromatic carbocycles. The molecule has 0 bridgehead atoms. The number of rotatable bonds is 19. The first-order valence-electron chi connectivity index (χ1n) is 18.8. The molecule has 2 aliphatic rings. The maximum atomic E-state index is 16.0. The number of carbonyl (C=O) groups is 6. The number of unbranched alkanes of at least 4 members (excludes halogenated alkanes) is 1. The number of nitrogens with one attached hydrogen (secondary N) is 3. The van der Waals surface area contributed by atoms with E-state index in [2.05, 4.69) is 16.0 Å². The summed E-state index contributed by atoms with van der Waals surface area (Å²) in [5, 5.41) is 7.87. The molecule has 1 saturated heterocycles. The quantitative estimate of drug-likeness (QED) is 0.0489. The van der Waals surface area contributed by atoms with Gasteiger partial charge in [-0.2, -0.15) is 8.78 Å². The summed E-state index contributed by atoms with van der Waals surface area (Å²) < 4.78 is 65.2. The average Bonchev–Trinajstić information content (AvgIpc) is 3.78. The zero-order valence-electron chi connectivity index (χ0n) is 33.8. The Hall–Kier alpha value is -4.41. The molecule has 57 heavy (non-hydrogen) atoms. The smallest absolute Gasteiger partial charge is 0.410 e. The number of piperidine rings is 1. The van der Waals surface area contributed by atoms with Crippen LogP contribution in [0.1, 0.15) is 92.2 Å². The maximum Gasteiger partial charge on any atom is 0.410 e. The van der Waals surface area contributed by atoms with Crippen LogP contribution in [0.3, 0.4) is 0 Å². The molecule has 0 radical (unpaired) electrons. The molecule has 5 amide bonds. The minimum Gasteiger partial charge on any atom is -0.438 e. The molecule has 16 nitrogen and oxygen atoms in total. The molecule has 1 aliphatic heterocycles. The molecular formula is C38H56F2N5O11P. The SMILES string of the molecule is CCCC[C@H](NC(=O)/C=C(\C)c1ccc(C(F)(F)P(=O)(OCOC(=O)C(C)(C)C)OCOC(=O)C(C)(C)C)cc1)C(=O)N1CC2C[C@H]2[C@H]1C(=O)NCCNC(N)=O. The van der Waals surface area contributed by atoms with Gasteiger partial charge in [0, 0.05) is 31.3 Å². The van der Waals surface area contributed by atoms with Crippen LogP contribution in [0.5, 0.6) is 0 Å². The van der Waals surface area contributed by atoms with Crippen molar-refractivity contribution in [3.63, 3.8) is 0 Å². The number of urea groups is 1. The van der Waals surface area contributed by atoms with E-state index in [-0.39, 0.29) is 30.8 Å². The van der Waals surface area contributed by atoms with E-state index < -0.39 is 85.1 Å². The van der Waals surface area contributed by atoms with Crippen LogP contribution in [0.25, 0.3) is 5.57 Å². The number of hydrogen-bond donors (Lipinski definition) is 4. The molecule has 0 aromatic heterocycles. The van der Waals surface area contributed by atoms with Crippen molar-refractivity contribution in [2.24, 2.45) is 28.4 Å². The normalized spacial score (nSPS) is 18.9. The highest BCUT2D eigenvalue weighted by atomic mass is 31.2. The Morgan fingerprint density at radius 1 is 0.930 bits per heavy atom. The molecule has 19 heteroatoms. The lowest BCUT2D eigenvalue weighted by atomic mass is 9.98. The van der Waals surface area contributed by atoms with Gasteiger partial charge in [-0.05, 0) is 84.3 Å². The largest absolute Gasteiger partial charge is 0.438 e. The van der Waals surface area contributed by atoms with Crippen LogP contribution in [0.15, 0.2) is 30.3 Å². The van der Waals surface area contributed by atoms with Gasteiger partial charge in [-0.25, -0.2) is 4.79 Å². The third kappa shape index (κ3) is 12.8. The van der Waals surface area contributed by atoms with Crippen molar-refractivity contribution in [1.29, 1.82) is 0 Å². The highest BCUT2D eigenvalue weighted by Gasteiger charge is 2.58. The Morgan fingerprint density at radius 3 is 1.98 bits per heavy atom. The molecule has 2 fully saturated rings. The van der Waals surface area contributed by atoms with Crippen LogP contribution in [0.4, 0.5) is 13.6 Å². The number of halogens is 2. The highest BCUT2D eigenvalue weighted by molar-refractivity contribution is 7.54. The van der Waals surface area contributed by atoms with Crippen LogP contribution in [-0.4, -0.2) is 85.9 Å². The number of benzene rings is 1. The fourth-order valence-corrected chi connectivity index (χ4v) is 7.13. The van der Waals surface area contributed by atoms with Gasteiger partial charge in [-0.1, -0.05) is 44.0 Å². The molecule has 0 spiro atoms. The molecule has 1 unspecified atom stereocenters. The molecule has 1 heterocycles. The van der Waals surface area contributed by atoms with Gasteiger partial charge in [0.1, 0.15) is 12.1 Å². The Kier molecular flexibility index (Phi) is 16.0. The number of fused-ring (bicyclic) bond motifs is 1. The van der Waals surface area contributed by atoms with E-state index in [0.29, 0.717) is 30.5 Å².